The third-order valence-electron chi connectivity index (χ3n) is 2.85. The van der Waals surface area contributed by atoms with Crippen molar-refractivity contribution in [1.82, 2.24) is 0 Å². The van der Waals surface area contributed by atoms with E-state index >= 15 is 0 Å². The van der Waals surface area contributed by atoms with Crippen LogP contribution in [0.3, 0.4) is 0 Å². The number of carbonyl (C=O) groups is 1. The standard InChI is InChI=1S/C13H17BrO3/c1-7-5-10(6-8(2)13(15)16)12(17-4)9(3)11(7)14/h5,8H,6H2,1-4H3,(H,15,16). The van der Waals surface area contributed by atoms with Gasteiger partial charge in [0.2, 0.25) is 0 Å². The molecule has 0 bridgehead atoms. The van der Waals surface area contributed by atoms with Gasteiger partial charge in [-0.05, 0) is 31.4 Å². The van der Waals surface area contributed by atoms with Crippen molar-refractivity contribution in [3.05, 3.63) is 27.2 Å². The largest absolute Gasteiger partial charge is 0.496 e. The summed E-state index contributed by atoms with van der Waals surface area (Å²) in [6.07, 6.45) is 0.480. The van der Waals surface area contributed by atoms with E-state index in [1.807, 2.05) is 19.9 Å². The number of hydrogen-bond acceptors (Lipinski definition) is 2. The number of rotatable bonds is 4. The van der Waals surface area contributed by atoms with Gasteiger partial charge in [-0.25, -0.2) is 0 Å². The van der Waals surface area contributed by atoms with Gasteiger partial charge in [-0.15, -0.1) is 0 Å². The molecule has 1 aromatic rings. The fraction of sp³-hybridized carbons (Fsp3) is 0.462. The van der Waals surface area contributed by atoms with E-state index in [9.17, 15) is 4.79 Å². The fourth-order valence-electron chi connectivity index (χ4n) is 1.88. The Bertz CT molecular complexity index is 441. The van der Waals surface area contributed by atoms with Gasteiger partial charge in [0.25, 0.3) is 0 Å². The first-order valence-corrected chi connectivity index (χ1v) is 6.23. The Balaban J connectivity index is 3.19. The molecule has 3 nitrogen and oxygen atoms in total. The van der Waals surface area contributed by atoms with Gasteiger partial charge in [0, 0.05) is 10.0 Å². The van der Waals surface area contributed by atoms with Crippen LogP contribution in [0.1, 0.15) is 23.6 Å². The molecular formula is C13H17BrO3. The second-order valence-corrected chi connectivity index (χ2v) is 5.06. The van der Waals surface area contributed by atoms with E-state index in [-0.39, 0.29) is 0 Å². The molecule has 1 rings (SSSR count). The first kappa shape index (κ1) is 14.0. The Kier molecular flexibility index (Phi) is 4.57. The number of carboxylic acids is 1. The van der Waals surface area contributed by atoms with Crippen molar-refractivity contribution in [2.45, 2.75) is 27.2 Å². The van der Waals surface area contributed by atoms with Crippen LogP contribution in [0.15, 0.2) is 10.5 Å². The van der Waals surface area contributed by atoms with Gasteiger partial charge >= 0.3 is 5.97 Å². The second kappa shape index (κ2) is 5.54. The molecule has 0 aliphatic carbocycles. The van der Waals surface area contributed by atoms with Crippen LogP contribution in [0.2, 0.25) is 0 Å². The summed E-state index contributed by atoms with van der Waals surface area (Å²) in [5.74, 6) is -0.426. The number of halogens is 1. The molecule has 0 saturated heterocycles. The SMILES string of the molecule is COc1c(CC(C)C(=O)O)cc(C)c(Br)c1C. The smallest absolute Gasteiger partial charge is 0.306 e. The number of carboxylic acid groups (broad SMARTS) is 1. The van der Waals surface area contributed by atoms with Crippen molar-refractivity contribution in [2.24, 2.45) is 5.92 Å². The van der Waals surface area contributed by atoms with Crippen LogP contribution in [0.4, 0.5) is 0 Å². The van der Waals surface area contributed by atoms with E-state index in [2.05, 4.69) is 15.9 Å². The van der Waals surface area contributed by atoms with Crippen LogP contribution in [0.25, 0.3) is 0 Å². The third kappa shape index (κ3) is 3.00. The maximum Gasteiger partial charge on any atom is 0.306 e. The first-order valence-electron chi connectivity index (χ1n) is 5.43. The third-order valence-corrected chi connectivity index (χ3v) is 4.07. The molecule has 1 aromatic carbocycles. The van der Waals surface area contributed by atoms with Crippen molar-refractivity contribution < 1.29 is 14.6 Å². The minimum Gasteiger partial charge on any atom is -0.496 e. The van der Waals surface area contributed by atoms with Crippen molar-refractivity contribution in [2.75, 3.05) is 7.11 Å². The Morgan fingerprint density at radius 3 is 2.59 bits per heavy atom. The molecule has 0 fully saturated rings. The maximum atomic E-state index is 10.9. The summed E-state index contributed by atoms with van der Waals surface area (Å²) in [4.78, 5) is 10.9. The molecule has 1 atom stereocenters. The predicted octanol–water partition coefficient (Wildman–Crippen LogP) is 3.34. The summed E-state index contributed by atoms with van der Waals surface area (Å²) < 4.78 is 6.38. The van der Waals surface area contributed by atoms with Crippen molar-refractivity contribution in [3.63, 3.8) is 0 Å². The summed E-state index contributed by atoms with van der Waals surface area (Å²) in [5.41, 5.74) is 3.05. The Labute approximate surface area is 110 Å². The summed E-state index contributed by atoms with van der Waals surface area (Å²) in [6, 6.07) is 1.98. The molecule has 0 saturated carbocycles. The first-order chi connectivity index (χ1) is 7.88. The van der Waals surface area contributed by atoms with Crippen LogP contribution in [0.5, 0.6) is 5.75 Å². The minimum absolute atomic E-state index is 0.413. The fourth-order valence-corrected chi connectivity index (χ4v) is 2.17. The zero-order valence-electron chi connectivity index (χ0n) is 10.5. The molecule has 0 spiro atoms. The molecule has 1 unspecified atom stereocenters. The predicted molar refractivity (Wildman–Crippen MR) is 70.7 cm³/mol. The quantitative estimate of drug-likeness (QED) is 0.928. The molecule has 0 amide bonds. The van der Waals surface area contributed by atoms with E-state index in [0.29, 0.717) is 6.42 Å². The molecule has 17 heavy (non-hydrogen) atoms. The Morgan fingerprint density at radius 1 is 1.53 bits per heavy atom. The number of ether oxygens (including phenoxy) is 1. The normalized spacial score (nSPS) is 12.3. The van der Waals surface area contributed by atoms with E-state index in [4.69, 9.17) is 9.84 Å². The Morgan fingerprint density at radius 2 is 2.12 bits per heavy atom. The summed E-state index contributed by atoms with van der Waals surface area (Å²) in [5, 5.41) is 8.95. The van der Waals surface area contributed by atoms with Gasteiger partial charge in [-0.3, -0.25) is 4.79 Å². The van der Waals surface area contributed by atoms with Gasteiger partial charge < -0.3 is 9.84 Å². The zero-order chi connectivity index (χ0) is 13.2. The topological polar surface area (TPSA) is 46.5 Å². The van der Waals surface area contributed by atoms with Gasteiger partial charge in [0.1, 0.15) is 5.75 Å². The second-order valence-electron chi connectivity index (χ2n) is 4.27. The van der Waals surface area contributed by atoms with Crippen LogP contribution in [0, 0.1) is 19.8 Å². The van der Waals surface area contributed by atoms with Gasteiger partial charge in [0.15, 0.2) is 0 Å². The molecular weight excluding hydrogens is 284 g/mol. The van der Waals surface area contributed by atoms with Crippen molar-refractivity contribution in [3.8, 4) is 5.75 Å². The molecule has 0 aliphatic heterocycles. The van der Waals surface area contributed by atoms with E-state index in [0.717, 1.165) is 26.9 Å². The van der Waals surface area contributed by atoms with Crippen LogP contribution >= 0.6 is 15.9 Å². The highest BCUT2D eigenvalue weighted by Gasteiger charge is 2.18. The van der Waals surface area contributed by atoms with Crippen LogP contribution in [-0.4, -0.2) is 18.2 Å². The molecule has 4 heteroatoms. The molecule has 0 aliphatic rings. The van der Waals surface area contributed by atoms with Gasteiger partial charge in [-0.1, -0.05) is 28.9 Å². The number of benzene rings is 1. The average Bonchev–Trinajstić information content (AvgIpc) is 2.26. The van der Waals surface area contributed by atoms with Crippen molar-refractivity contribution in [1.29, 1.82) is 0 Å². The van der Waals surface area contributed by atoms with Crippen molar-refractivity contribution >= 4 is 21.9 Å². The number of aliphatic carboxylic acids is 1. The molecule has 94 valence electrons. The zero-order valence-corrected chi connectivity index (χ0v) is 12.1. The van der Waals surface area contributed by atoms with Crippen LogP contribution < -0.4 is 4.74 Å². The number of aryl methyl sites for hydroxylation is 1. The monoisotopic (exact) mass is 300 g/mol. The molecule has 0 aromatic heterocycles. The highest BCUT2D eigenvalue weighted by Crippen LogP contribution is 2.34. The van der Waals surface area contributed by atoms with Crippen LogP contribution in [-0.2, 0) is 11.2 Å². The number of methoxy groups -OCH3 is 1. The highest BCUT2D eigenvalue weighted by molar-refractivity contribution is 9.10. The van der Waals surface area contributed by atoms with Gasteiger partial charge in [-0.2, -0.15) is 0 Å². The maximum absolute atomic E-state index is 10.9. The average molecular weight is 301 g/mol. The lowest BCUT2D eigenvalue weighted by Gasteiger charge is -2.16. The lowest BCUT2D eigenvalue weighted by atomic mass is 9.96. The van der Waals surface area contributed by atoms with Gasteiger partial charge in [0.05, 0.1) is 13.0 Å². The van der Waals surface area contributed by atoms with E-state index in [1.165, 1.54) is 0 Å². The summed E-state index contributed by atoms with van der Waals surface area (Å²) in [7, 11) is 1.61. The van der Waals surface area contributed by atoms with E-state index in [1.54, 1.807) is 14.0 Å². The lowest BCUT2D eigenvalue weighted by Crippen LogP contribution is -2.13. The molecule has 0 radical (unpaired) electrons. The Hall–Kier alpha value is -1.03. The lowest BCUT2D eigenvalue weighted by molar-refractivity contribution is -0.141. The summed E-state index contributed by atoms with van der Waals surface area (Å²) >= 11 is 3.50. The highest BCUT2D eigenvalue weighted by atomic mass is 79.9. The van der Waals surface area contributed by atoms with E-state index < -0.39 is 11.9 Å². The summed E-state index contributed by atoms with van der Waals surface area (Å²) in [6.45, 7) is 5.66. The molecule has 1 N–H and O–H groups in total. The molecule has 0 heterocycles. The minimum atomic E-state index is -0.787. The number of hydrogen-bond donors (Lipinski definition) is 1.